The molecule has 0 aliphatic carbocycles. The Labute approximate surface area is 110 Å². The van der Waals surface area contributed by atoms with Crippen molar-refractivity contribution >= 4 is 0 Å². The maximum atomic E-state index is 8.71. The molecule has 0 aromatic rings. The Balaban J connectivity index is 1.64. The molecule has 2 aliphatic rings. The summed E-state index contributed by atoms with van der Waals surface area (Å²) in [7, 11) is 2.05. The van der Waals surface area contributed by atoms with E-state index in [1.807, 2.05) is 0 Å². The normalized spacial score (nSPS) is 26.6. The first-order valence-electron chi connectivity index (χ1n) is 6.89. The zero-order chi connectivity index (χ0) is 12.8. The number of nitrogens with zero attached hydrogens (tertiary/aromatic N) is 4. The fourth-order valence-corrected chi connectivity index (χ4v) is 2.72. The zero-order valence-corrected chi connectivity index (χ0v) is 11.3. The van der Waals surface area contributed by atoms with Crippen molar-refractivity contribution in [2.45, 2.75) is 12.5 Å². The van der Waals surface area contributed by atoms with Gasteiger partial charge in [0.05, 0.1) is 25.8 Å². The van der Waals surface area contributed by atoms with Gasteiger partial charge in [-0.3, -0.25) is 9.80 Å². The minimum Gasteiger partial charge on any atom is -0.379 e. The highest BCUT2D eigenvalue weighted by atomic mass is 16.5. The molecule has 18 heavy (non-hydrogen) atoms. The van der Waals surface area contributed by atoms with E-state index >= 15 is 0 Å². The molecule has 2 heterocycles. The van der Waals surface area contributed by atoms with Crippen LogP contribution in [-0.2, 0) is 4.74 Å². The van der Waals surface area contributed by atoms with Crippen LogP contribution in [0.4, 0.5) is 0 Å². The second-order valence-corrected chi connectivity index (χ2v) is 5.27. The molecule has 2 saturated heterocycles. The lowest BCUT2D eigenvalue weighted by Gasteiger charge is -2.28. The highest BCUT2D eigenvalue weighted by Gasteiger charge is 2.25. The van der Waals surface area contributed by atoms with Crippen LogP contribution in [-0.4, -0.2) is 86.8 Å². The lowest BCUT2D eigenvalue weighted by molar-refractivity contribution is 0.0341. The summed E-state index contributed by atoms with van der Waals surface area (Å²) in [4.78, 5) is 7.18. The van der Waals surface area contributed by atoms with Gasteiger partial charge in [-0.15, -0.1) is 0 Å². The maximum absolute atomic E-state index is 8.71. The molecule has 1 atom stereocenters. The second-order valence-electron chi connectivity index (χ2n) is 5.27. The van der Waals surface area contributed by atoms with Gasteiger partial charge in [0.25, 0.3) is 0 Å². The molecule has 2 rings (SSSR count). The van der Waals surface area contributed by atoms with E-state index in [0.717, 1.165) is 45.9 Å². The molecule has 2 aliphatic heterocycles. The summed E-state index contributed by atoms with van der Waals surface area (Å²) < 4.78 is 5.35. The smallest absolute Gasteiger partial charge is 0.0866 e. The van der Waals surface area contributed by atoms with Crippen molar-refractivity contribution in [3.63, 3.8) is 0 Å². The first-order valence-corrected chi connectivity index (χ1v) is 6.89. The number of nitriles is 1. The van der Waals surface area contributed by atoms with E-state index in [9.17, 15) is 0 Å². The summed E-state index contributed by atoms with van der Waals surface area (Å²) in [6, 6.07) is 2.79. The van der Waals surface area contributed by atoms with Crippen LogP contribution in [0.3, 0.4) is 0 Å². The quantitative estimate of drug-likeness (QED) is 0.637. The SMILES string of the molecule is CN(CC#N)C1CCN(CCN2CCOCC2)C1. The summed E-state index contributed by atoms with van der Waals surface area (Å²) in [6.45, 7) is 9.04. The number of hydrogen-bond acceptors (Lipinski definition) is 5. The number of hydrogen-bond donors (Lipinski definition) is 0. The van der Waals surface area contributed by atoms with Crippen molar-refractivity contribution in [2.75, 3.05) is 66.1 Å². The van der Waals surface area contributed by atoms with Gasteiger partial charge in [0.1, 0.15) is 0 Å². The molecule has 0 aromatic heterocycles. The van der Waals surface area contributed by atoms with Crippen molar-refractivity contribution in [3.05, 3.63) is 0 Å². The summed E-state index contributed by atoms with van der Waals surface area (Å²) in [5.74, 6) is 0. The number of likely N-dealkylation sites (tertiary alicyclic amines) is 1. The summed E-state index contributed by atoms with van der Waals surface area (Å²) in [6.07, 6.45) is 1.20. The zero-order valence-electron chi connectivity index (χ0n) is 11.3. The molecule has 5 nitrogen and oxygen atoms in total. The standard InChI is InChI=1S/C13H24N4O/c1-15(5-3-14)13-2-4-17(12-13)7-6-16-8-10-18-11-9-16/h13H,2,4-12H2,1H3. The maximum Gasteiger partial charge on any atom is 0.0866 e. The lowest BCUT2D eigenvalue weighted by Crippen LogP contribution is -2.42. The van der Waals surface area contributed by atoms with Gasteiger partial charge in [-0.05, 0) is 20.0 Å². The molecule has 0 aromatic carbocycles. The molecular weight excluding hydrogens is 228 g/mol. The molecule has 0 amide bonds. The van der Waals surface area contributed by atoms with Crippen LogP contribution in [0.1, 0.15) is 6.42 Å². The predicted octanol–water partition coefficient (Wildman–Crippen LogP) is -0.152. The van der Waals surface area contributed by atoms with E-state index in [2.05, 4.69) is 27.8 Å². The Morgan fingerprint density at radius 1 is 1.22 bits per heavy atom. The van der Waals surface area contributed by atoms with Gasteiger partial charge in [0, 0.05) is 38.8 Å². The van der Waals surface area contributed by atoms with Gasteiger partial charge in [0.2, 0.25) is 0 Å². The van der Waals surface area contributed by atoms with Crippen LogP contribution in [0.15, 0.2) is 0 Å². The molecule has 102 valence electrons. The van der Waals surface area contributed by atoms with Crippen molar-refractivity contribution in [2.24, 2.45) is 0 Å². The molecule has 0 bridgehead atoms. The van der Waals surface area contributed by atoms with Crippen LogP contribution in [0.5, 0.6) is 0 Å². The van der Waals surface area contributed by atoms with E-state index in [0.29, 0.717) is 12.6 Å². The molecular formula is C13H24N4O. The van der Waals surface area contributed by atoms with Crippen molar-refractivity contribution in [1.29, 1.82) is 5.26 Å². The second kappa shape index (κ2) is 7.05. The monoisotopic (exact) mass is 252 g/mol. The topological polar surface area (TPSA) is 42.7 Å². The molecule has 0 saturated carbocycles. The number of likely N-dealkylation sites (N-methyl/N-ethyl adjacent to an activating group) is 1. The average Bonchev–Trinajstić information content (AvgIpc) is 2.87. The highest BCUT2D eigenvalue weighted by Crippen LogP contribution is 2.13. The minimum atomic E-state index is 0.544. The Hall–Kier alpha value is -0.670. The Kier molecular flexibility index (Phi) is 5.39. The number of ether oxygens (including phenoxy) is 1. The van der Waals surface area contributed by atoms with Crippen molar-refractivity contribution < 1.29 is 4.74 Å². The largest absolute Gasteiger partial charge is 0.379 e. The van der Waals surface area contributed by atoms with E-state index < -0.39 is 0 Å². The number of morpholine rings is 1. The third-order valence-corrected chi connectivity index (χ3v) is 4.03. The van der Waals surface area contributed by atoms with E-state index in [-0.39, 0.29) is 0 Å². The predicted molar refractivity (Wildman–Crippen MR) is 70.3 cm³/mol. The minimum absolute atomic E-state index is 0.544. The molecule has 0 radical (unpaired) electrons. The molecule has 0 N–H and O–H groups in total. The summed E-state index contributed by atoms with van der Waals surface area (Å²) >= 11 is 0. The van der Waals surface area contributed by atoms with Crippen LogP contribution in [0.25, 0.3) is 0 Å². The summed E-state index contributed by atoms with van der Waals surface area (Å²) in [5, 5.41) is 8.71. The van der Waals surface area contributed by atoms with Crippen molar-refractivity contribution in [1.82, 2.24) is 14.7 Å². The van der Waals surface area contributed by atoms with Gasteiger partial charge in [-0.25, -0.2) is 0 Å². The fourth-order valence-electron chi connectivity index (χ4n) is 2.72. The van der Waals surface area contributed by atoms with Gasteiger partial charge in [-0.1, -0.05) is 0 Å². The Bertz CT molecular complexity index is 285. The first-order chi connectivity index (χ1) is 8.79. The highest BCUT2D eigenvalue weighted by molar-refractivity contribution is 4.86. The van der Waals surface area contributed by atoms with Gasteiger partial charge >= 0.3 is 0 Å². The molecule has 5 heteroatoms. The fraction of sp³-hybridized carbons (Fsp3) is 0.923. The van der Waals surface area contributed by atoms with Crippen LogP contribution in [0.2, 0.25) is 0 Å². The van der Waals surface area contributed by atoms with Gasteiger partial charge < -0.3 is 9.64 Å². The van der Waals surface area contributed by atoms with Crippen molar-refractivity contribution in [3.8, 4) is 6.07 Å². The van der Waals surface area contributed by atoms with Crippen LogP contribution in [0, 0.1) is 11.3 Å². The van der Waals surface area contributed by atoms with Gasteiger partial charge in [-0.2, -0.15) is 5.26 Å². The van der Waals surface area contributed by atoms with Gasteiger partial charge in [0.15, 0.2) is 0 Å². The Morgan fingerprint density at radius 2 is 1.94 bits per heavy atom. The third-order valence-electron chi connectivity index (χ3n) is 4.03. The first kappa shape index (κ1) is 13.8. The van der Waals surface area contributed by atoms with Crippen LogP contribution >= 0.6 is 0 Å². The molecule has 0 spiro atoms. The summed E-state index contributed by atoms with van der Waals surface area (Å²) in [5.41, 5.74) is 0. The molecule has 2 fully saturated rings. The number of rotatable bonds is 5. The van der Waals surface area contributed by atoms with Crippen LogP contribution < -0.4 is 0 Å². The van der Waals surface area contributed by atoms with E-state index in [1.165, 1.54) is 13.0 Å². The molecule has 1 unspecified atom stereocenters. The lowest BCUT2D eigenvalue weighted by atomic mass is 10.2. The third kappa shape index (κ3) is 3.92. The Morgan fingerprint density at radius 3 is 2.67 bits per heavy atom. The van der Waals surface area contributed by atoms with E-state index in [4.69, 9.17) is 10.00 Å². The van der Waals surface area contributed by atoms with E-state index in [1.54, 1.807) is 0 Å². The average molecular weight is 252 g/mol.